The molecule has 1 aliphatic rings. The lowest BCUT2D eigenvalue weighted by Crippen LogP contribution is -2.26. The minimum Gasteiger partial charge on any atom is -0.325 e. The van der Waals surface area contributed by atoms with E-state index in [9.17, 15) is 4.79 Å². The minimum absolute atomic E-state index is 0.0668. The number of hydrogen-bond acceptors (Lipinski definition) is 1. The van der Waals surface area contributed by atoms with E-state index in [1.807, 2.05) is 32.0 Å². The van der Waals surface area contributed by atoms with E-state index < -0.39 is 0 Å². The third-order valence-electron chi connectivity index (χ3n) is 2.35. The number of carbonyl (C=O) groups excluding carboxylic acids is 1. The number of carbonyl (C=O) groups is 1. The highest BCUT2D eigenvalue weighted by Crippen LogP contribution is 2.36. The van der Waals surface area contributed by atoms with Gasteiger partial charge < -0.3 is 5.32 Å². The molecular weight excluding hydrogens is 150 g/mol. The maximum atomic E-state index is 11.4. The van der Waals surface area contributed by atoms with Crippen molar-refractivity contribution >= 4 is 11.6 Å². The van der Waals surface area contributed by atoms with Crippen molar-refractivity contribution in [2.45, 2.75) is 19.3 Å². The van der Waals surface area contributed by atoms with Crippen LogP contribution < -0.4 is 5.32 Å². The van der Waals surface area contributed by atoms with Gasteiger partial charge in [0.05, 0.1) is 5.41 Å². The molecule has 1 aromatic rings. The number of benzene rings is 1. The molecule has 1 aromatic carbocycles. The summed E-state index contributed by atoms with van der Waals surface area (Å²) >= 11 is 0. The van der Waals surface area contributed by atoms with E-state index in [4.69, 9.17) is 0 Å². The molecule has 1 heterocycles. The van der Waals surface area contributed by atoms with Crippen molar-refractivity contribution < 1.29 is 4.79 Å². The summed E-state index contributed by atoms with van der Waals surface area (Å²) in [4.78, 5) is 11.4. The first kappa shape index (κ1) is 7.35. The highest BCUT2D eigenvalue weighted by atomic mass is 16.2. The zero-order valence-corrected chi connectivity index (χ0v) is 7.14. The molecule has 61 valence electrons. The van der Waals surface area contributed by atoms with Crippen LogP contribution in [0.5, 0.6) is 0 Å². The van der Waals surface area contributed by atoms with E-state index in [0.29, 0.717) is 0 Å². The number of rotatable bonds is 0. The summed E-state index contributed by atoms with van der Waals surface area (Å²) in [5, 5.41) is 2.82. The van der Waals surface area contributed by atoms with E-state index in [2.05, 4.69) is 11.4 Å². The fraction of sp³-hybridized carbons (Fsp3) is 0.300. The molecule has 12 heavy (non-hydrogen) atoms. The van der Waals surface area contributed by atoms with Crippen molar-refractivity contribution in [2.24, 2.45) is 0 Å². The molecule has 1 radical (unpaired) electrons. The summed E-state index contributed by atoms with van der Waals surface area (Å²) in [6.45, 7) is 3.85. The first-order chi connectivity index (χ1) is 5.62. The second-order valence-corrected chi connectivity index (χ2v) is 3.55. The van der Waals surface area contributed by atoms with Gasteiger partial charge in [0.15, 0.2) is 0 Å². The van der Waals surface area contributed by atoms with Crippen molar-refractivity contribution in [3.8, 4) is 0 Å². The monoisotopic (exact) mass is 160 g/mol. The second kappa shape index (κ2) is 2.09. The Bertz CT molecular complexity index is 341. The predicted molar refractivity (Wildman–Crippen MR) is 46.9 cm³/mol. The third-order valence-corrected chi connectivity index (χ3v) is 2.35. The molecule has 0 aromatic heterocycles. The predicted octanol–water partition coefficient (Wildman–Crippen LogP) is 1.72. The van der Waals surface area contributed by atoms with Crippen LogP contribution in [-0.2, 0) is 10.2 Å². The maximum absolute atomic E-state index is 11.4. The molecule has 0 spiro atoms. The van der Waals surface area contributed by atoms with Gasteiger partial charge in [0.2, 0.25) is 5.91 Å². The van der Waals surface area contributed by atoms with Crippen LogP contribution in [-0.4, -0.2) is 5.91 Å². The Balaban J connectivity index is 2.63. The summed E-state index contributed by atoms with van der Waals surface area (Å²) < 4.78 is 0. The SMILES string of the molecule is CC1(C)C(=O)Nc2c[c]ccc21. The highest BCUT2D eigenvalue weighted by Gasteiger charge is 2.37. The maximum Gasteiger partial charge on any atom is 0.234 e. The van der Waals surface area contributed by atoms with E-state index in [0.717, 1.165) is 11.3 Å². The van der Waals surface area contributed by atoms with E-state index in [1.165, 1.54) is 0 Å². The first-order valence-corrected chi connectivity index (χ1v) is 3.94. The Morgan fingerprint density at radius 2 is 2.25 bits per heavy atom. The fourth-order valence-electron chi connectivity index (χ4n) is 1.48. The van der Waals surface area contributed by atoms with Crippen molar-refractivity contribution in [1.82, 2.24) is 0 Å². The number of nitrogens with one attached hydrogen (secondary N) is 1. The first-order valence-electron chi connectivity index (χ1n) is 3.94. The second-order valence-electron chi connectivity index (χ2n) is 3.55. The Kier molecular flexibility index (Phi) is 1.28. The van der Waals surface area contributed by atoms with Crippen LogP contribution in [0.25, 0.3) is 0 Å². The molecule has 0 unspecified atom stereocenters. The van der Waals surface area contributed by atoms with Gasteiger partial charge in [0, 0.05) is 5.69 Å². The van der Waals surface area contributed by atoms with Crippen molar-refractivity contribution in [2.75, 3.05) is 5.32 Å². The Morgan fingerprint density at radius 3 is 2.92 bits per heavy atom. The molecule has 0 atom stereocenters. The van der Waals surface area contributed by atoms with Gasteiger partial charge in [-0.1, -0.05) is 12.1 Å². The van der Waals surface area contributed by atoms with Gasteiger partial charge in [-0.3, -0.25) is 4.79 Å². The van der Waals surface area contributed by atoms with Crippen LogP contribution in [0.1, 0.15) is 19.4 Å². The number of fused-ring (bicyclic) bond motifs is 1. The van der Waals surface area contributed by atoms with E-state index >= 15 is 0 Å². The Labute approximate surface area is 71.6 Å². The average molecular weight is 160 g/mol. The standard InChI is InChI=1S/C10H10NO/c1-10(2)7-5-3-4-6-8(7)11-9(10)12/h3,5-6H,1-2H3,(H,11,12). The number of amides is 1. The summed E-state index contributed by atoms with van der Waals surface area (Å²) in [6, 6.07) is 8.52. The number of anilines is 1. The van der Waals surface area contributed by atoms with Crippen molar-refractivity contribution in [3.63, 3.8) is 0 Å². The van der Waals surface area contributed by atoms with Crippen LogP contribution in [0.4, 0.5) is 5.69 Å². The molecule has 1 N–H and O–H groups in total. The number of hydrogen-bond donors (Lipinski definition) is 1. The zero-order valence-electron chi connectivity index (χ0n) is 7.14. The van der Waals surface area contributed by atoms with Gasteiger partial charge in [-0.15, -0.1) is 0 Å². The van der Waals surface area contributed by atoms with Gasteiger partial charge in [-0.25, -0.2) is 0 Å². The Morgan fingerprint density at radius 1 is 1.50 bits per heavy atom. The highest BCUT2D eigenvalue weighted by molar-refractivity contribution is 6.05. The van der Waals surface area contributed by atoms with Crippen LogP contribution in [0.3, 0.4) is 0 Å². The van der Waals surface area contributed by atoms with Gasteiger partial charge in [0.1, 0.15) is 0 Å². The van der Waals surface area contributed by atoms with Crippen molar-refractivity contribution in [3.05, 3.63) is 29.8 Å². The van der Waals surface area contributed by atoms with Crippen LogP contribution in [0.15, 0.2) is 18.2 Å². The summed E-state index contributed by atoms with van der Waals surface area (Å²) in [5.74, 6) is 0.0668. The molecule has 2 rings (SSSR count). The topological polar surface area (TPSA) is 29.1 Å². The molecule has 0 fully saturated rings. The van der Waals surface area contributed by atoms with Gasteiger partial charge >= 0.3 is 0 Å². The van der Waals surface area contributed by atoms with Gasteiger partial charge in [-0.2, -0.15) is 0 Å². The largest absolute Gasteiger partial charge is 0.325 e. The third kappa shape index (κ3) is 0.779. The lowest BCUT2D eigenvalue weighted by atomic mass is 9.86. The normalized spacial score (nSPS) is 18.7. The average Bonchev–Trinajstić information content (AvgIpc) is 2.25. The molecule has 1 amide bonds. The molecule has 0 saturated heterocycles. The molecule has 1 aliphatic heterocycles. The van der Waals surface area contributed by atoms with Crippen LogP contribution >= 0.6 is 0 Å². The summed E-state index contributed by atoms with van der Waals surface area (Å²) in [6.07, 6.45) is 0. The fourth-order valence-corrected chi connectivity index (χ4v) is 1.48. The van der Waals surface area contributed by atoms with E-state index in [-0.39, 0.29) is 11.3 Å². The Hall–Kier alpha value is -1.31. The summed E-state index contributed by atoms with van der Waals surface area (Å²) in [7, 11) is 0. The van der Waals surface area contributed by atoms with Gasteiger partial charge in [0.25, 0.3) is 0 Å². The molecule has 0 bridgehead atoms. The molecule has 2 nitrogen and oxygen atoms in total. The minimum atomic E-state index is -0.384. The lowest BCUT2D eigenvalue weighted by Gasteiger charge is -2.14. The molecule has 0 saturated carbocycles. The lowest BCUT2D eigenvalue weighted by molar-refractivity contribution is -0.119. The zero-order chi connectivity index (χ0) is 8.77. The quantitative estimate of drug-likeness (QED) is 0.615. The van der Waals surface area contributed by atoms with Gasteiger partial charge in [-0.05, 0) is 31.5 Å². The summed E-state index contributed by atoms with van der Waals surface area (Å²) in [5.41, 5.74) is 1.57. The van der Waals surface area contributed by atoms with E-state index in [1.54, 1.807) is 0 Å². The molecule has 0 aliphatic carbocycles. The van der Waals surface area contributed by atoms with Crippen molar-refractivity contribution in [1.29, 1.82) is 0 Å². The van der Waals surface area contributed by atoms with Crippen LogP contribution in [0, 0.1) is 6.07 Å². The molecular formula is C10H10NO. The smallest absolute Gasteiger partial charge is 0.234 e. The molecule has 2 heteroatoms. The van der Waals surface area contributed by atoms with Crippen LogP contribution in [0.2, 0.25) is 0 Å².